The van der Waals surface area contributed by atoms with Crippen LogP contribution in [0.3, 0.4) is 0 Å². The van der Waals surface area contributed by atoms with Crippen molar-refractivity contribution in [3.63, 3.8) is 0 Å². The third kappa shape index (κ3) is 1.54. The van der Waals surface area contributed by atoms with E-state index in [1.54, 1.807) is 11.3 Å². The van der Waals surface area contributed by atoms with Crippen molar-refractivity contribution in [2.24, 2.45) is 0 Å². The quantitative estimate of drug-likeness (QED) is 0.553. The van der Waals surface area contributed by atoms with Crippen molar-refractivity contribution < 1.29 is 0 Å². The molecule has 0 spiro atoms. The van der Waals surface area contributed by atoms with Gasteiger partial charge in [0.1, 0.15) is 0 Å². The van der Waals surface area contributed by atoms with Crippen molar-refractivity contribution in [2.75, 3.05) is 0 Å². The molecular weight excluding hydrogens is 212 g/mol. The summed E-state index contributed by atoms with van der Waals surface area (Å²) >= 11 is 1.80. The number of hydrogen-bond acceptors (Lipinski definition) is 1. The van der Waals surface area contributed by atoms with Crippen molar-refractivity contribution in [1.29, 1.82) is 0 Å². The lowest BCUT2D eigenvalue weighted by Gasteiger charge is -2.04. The number of aryl methyl sites for hydroxylation is 1. The van der Waals surface area contributed by atoms with Crippen LogP contribution in [0.25, 0.3) is 21.2 Å². The second-order valence-electron chi connectivity index (χ2n) is 4.01. The van der Waals surface area contributed by atoms with Crippen LogP contribution >= 0.6 is 11.3 Å². The molecule has 16 heavy (non-hydrogen) atoms. The molecule has 0 nitrogen and oxygen atoms in total. The third-order valence-corrected chi connectivity index (χ3v) is 3.71. The minimum atomic E-state index is 1.31. The number of hydrogen-bond donors (Lipinski definition) is 0. The smallest absolute Gasteiger partial charge is 0.0348 e. The molecule has 0 bridgehead atoms. The van der Waals surface area contributed by atoms with Crippen molar-refractivity contribution in [1.82, 2.24) is 0 Å². The summed E-state index contributed by atoms with van der Waals surface area (Å²) in [6.07, 6.45) is 0. The van der Waals surface area contributed by atoms with Gasteiger partial charge in [-0.25, -0.2) is 0 Å². The molecule has 3 rings (SSSR count). The van der Waals surface area contributed by atoms with E-state index in [-0.39, 0.29) is 0 Å². The van der Waals surface area contributed by atoms with E-state index in [0.29, 0.717) is 0 Å². The van der Waals surface area contributed by atoms with Crippen LogP contribution in [-0.4, -0.2) is 0 Å². The van der Waals surface area contributed by atoms with E-state index in [4.69, 9.17) is 0 Å². The molecular formula is C15H12S. The van der Waals surface area contributed by atoms with Gasteiger partial charge in [-0.2, -0.15) is 0 Å². The lowest BCUT2D eigenvalue weighted by molar-refractivity contribution is 1.47. The molecule has 3 aromatic rings. The van der Waals surface area contributed by atoms with Gasteiger partial charge in [0.25, 0.3) is 0 Å². The van der Waals surface area contributed by atoms with Gasteiger partial charge in [-0.1, -0.05) is 42.0 Å². The second-order valence-corrected chi connectivity index (χ2v) is 4.96. The zero-order valence-electron chi connectivity index (χ0n) is 9.10. The van der Waals surface area contributed by atoms with Gasteiger partial charge in [0.2, 0.25) is 0 Å². The number of fused-ring (bicyclic) bond motifs is 1. The summed E-state index contributed by atoms with van der Waals surface area (Å²) in [5, 5.41) is 3.52. The molecule has 2 aromatic carbocycles. The Morgan fingerprint density at radius 1 is 0.938 bits per heavy atom. The van der Waals surface area contributed by atoms with Crippen LogP contribution in [0.15, 0.2) is 53.9 Å². The summed E-state index contributed by atoms with van der Waals surface area (Å²) in [5.41, 5.74) is 3.95. The molecule has 0 N–H and O–H groups in total. The first kappa shape index (κ1) is 9.61. The predicted molar refractivity (Wildman–Crippen MR) is 72.0 cm³/mol. The highest BCUT2D eigenvalue weighted by molar-refractivity contribution is 7.17. The summed E-state index contributed by atoms with van der Waals surface area (Å²) in [4.78, 5) is 0. The highest BCUT2D eigenvalue weighted by Gasteiger charge is 2.03. The van der Waals surface area contributed by atoms with Crippen LogP contribution in [0.1, 0.15) is 5.56 Å². The Hall–Kier alpha value is -1.60. The van der Waals surface area contributed by atoms with Gasteiger partial charge in [0.05, 0.1) is 0 Å². The third-order valence-electron chi connectivity index (χ3n) is 2.82. The molecule has 0 radical (unpaired) electrons. The Labute approximate surface area is 99.2 Å². The fourth-order valence-corrected chi connectivity index (χ4v) is 2.87. The molecule has 0 aliphatic rings. The Balaban J connectivity index is 2.29. The lowest BCUT2D eigenvalue weighted by atomic mass is 10.0. The predicted octanol–water partition coefficient (Wildman–Crippen LogP) is 4.88. The first-order chi connectivity index (χ1) is 7.84. The molecule has 0 fully saturated rings. The molecule has 78 valence electrons. The topological polar surface area (TPSA) is 0 Å². The van der Waals surface area contributed by atoms with Crippen molar-refractivity contribution in [3.8, 4) is 11.1 Å². The average Bonchev–Trinajstić information content (AvgIpc) is 2.76. The van der Waals surface area contributed by atoms with Crippen LogP contribution in [0.2, 0.25) is 0 Å². The van der Waals surface area contributed by atoms with Crippen molar-refractivity contribution in [2.45, 2.75) is 6.92 Å². The first-order valence-corrected chi connectivity index (χ1v) is 6.26. The highest BCUT2D eigenvalue weighted by Crippen LogP contribution is 2.31. The number of benzene rings is 2. The summed E-state index contributed by atoms with van der Waals surface area (Å²) in [5.74, 6) is 0. The molecule has 1 heterocycles. The first-order valence-electron chi connectivity index (χ1n) is 5.38. The Morgan fingerprint density at radius 3 is 2.69 bits per heavy atom. The SMILES string of the molecule is Cc1cccc(-c2cccc3sccc23)c1. The fourth-order valence-electron chi connectivity index (χ4n) is 2.06. The Morgan fingerprint density at radius 2 is 1.81 bits per heavy atom. The van der Waals surface area contributed by atoms with Gasteiger partial charge in [0.15, 0.2) is 0 Å². The highest BCUT2D eigenvalue weighted by atomic mass is 32.1. The van der Waals surface area contributed by atoms with E-state index >= 15 is 0 Å². The van der Waals surface area contributed by atoms with E-state index < -0.39 is 0 Å². The van der Waals surface area contributed by atoms with Crippen molar-refractivity contribution in [3.05, 3.63) is 59.5 Å². The maximum absolute atomic E-state index is 2.24. The molecule has 0 saturated heterocycles. The van der Waals surface area contributed by atoms with E-state index in [2.05, 4.69) is 60.8 Å². The van der Waals surface area contributed by atoms with E-state index in [1.807, 2.05) is 0 Å². The Bertz CT molecular complexity index is 634. The van der Waals surface area contributed by atoms with E-state index in [9.17, 15) is 0 Å². The number of thiophene rings is 1. The van der Waals surface area contributed by atoms with Crippen molar-refractivity contribution >= 4 is 21.4 Å². The fraction of sp³-hybridized carbons (Fsp3) is 0.0667. The van der Waals surface area contributed by atoms with Crippen LogP contribution < -0.4 is 0 Å². The van der Waals surface area contributed by atoms with Gasteiger partial charge in [-0.3, -0.25) is 0 Å². The average molecular weight is 224 g/mol. The van der Waals surface area contributed by atoms with Crippen LogP contribution in [-0.2, 0) is 0 Å². The second kappa shape index (κ2) is 3.76. The van der Waals surface area contributed by atoms with E-state index in [0.717, 1.165) is 0 Å². The molecule has 1 aromatic heterocycles. The maximum atomic E-state index is 2.24. The standard InChI is InChI=1S/C15H12S/c1-11-4-2-5-12(10-11)13-6-3-7-15-14(13)8-9-16-15/h2-10H,1H3. The lowest BCUT2D eigenvalue weighted by Crippen LogP contribution is -1.79. The van der Waals surface area contributed by atoms with Gasteiger partial charge >= 0.3 is 0 Å². The van der Waals surface area contributed by atoms with Gasteiger partial charge < -0.3 is 0 Å². The van der Waals surface area contributed by atoms with Gasteiger partial charge in [0, 0.05) is 10.1 Å². The molecule has 1 heteroatoms. The molecule has 0 aliphatic heterocycles. The van der Waals surface area contributed by atoms with E-state index in [1.165, 1.54) is 26.8 Å². The van der Waals surface area contributed by atoms with Gasteiger partial charge in [-0.15, -0.1) is 11.3 Å². The molecule has 0 aliphatic carbocycles. The molecule has 0 saturated carbocycles. The maximum Gasteiger partial charge on any atom is 0.0348 e. The normalized spacial score (nSPS) is 10.8. The van der Waals surface area contributed by atoms with Crippen LogP contribution in [0.5, 0.6) is 0 Å². The van der Waals surface area contributed by atoms with Crippen LogP contribution in [0.4, 0.5) is 0 Å². The largest absolute Gasteiger partial charge is 0.144 e. The summed E-state index contributed by atoms with van der Waals surface area (Å²) < 4.78 is 1.36. The molecule has 0 unspecified atom stereocenters. The zero-order chi connectivity index (χ0) is 11.0. The minimum absolute atomic E-state index is 1.31. The van der Waals surface area contributed by atoms with Gasteiger partial charge in [-0.05, 0) is 35.6 Å². The van der Waals surface area contributed by atoms with Crippen LogP contribution in [0, 0.1) is 6.92 Å². The summed E-state index contributed by atoms with van der Waals surface area (Å²) in [6, 6.07) is 17.4. The summed E-state index contributed by atoms with van der Waals surface area (Å²) in [7, 11) is 0. The minimum Gasteiger partial charge on any atom is -0.144 e. The Kier molecular flexibility index (Phi) is 2.26. The molecule has 0 atom stereocenters. The zero-order valence-corrected chi connectivity index (χ0v) is 9.92. The monoisotopic (exact) mass is 224 g/mol. The number of rotatable bonds is 1. The molecule has 0 amide bonds. The summed E-state index contributed by atoms with van der Waals surface area (Å²) in [6.45, 7) is 2.14.